The summed E-state index contributed by atoms with van der Waals surface area (Å²) in [6, 6.07) is 7.66. The summed E-state index contributed by atoms with van der Waals surface area (Å²) in [5, 5.41) is 21.3. The first-order valence-electron chi connectivity index (χ1n) is 7.21. The standard InChI is InChI=1S/C16H16N2O7S/c1-9(19)17-13-7-10(4-6-15(13)25-2)18(26(23)24)11-3-5-12(16(21)22)14(20)8-11/h3-8,20,26H,1-2H3,(H,17,19)(H,21,22). The van der Waals surface area contributed by atoms with Crippen LogP contribution in [0, 0.1) is 0 Å². The number of nitrogens with one attached hydrogen (secondary N) is 1. The predicted octanol–water partition coefficient (Wildman–Crippen LogP) is 1.72. The topological polar surface area (TPSA) is 133 Å². The van der Waals surface area contributed by atoms with Crippen molar-refractivity contribution in [3.63, 3.8) is 0 Å². The van der Waals surface area contributed by atoms with Crippen molar-refractivity contribution in [2.24, 2.45) is 0 Å². The van der Waals surface area contributed by atoms with Crippen molar-refractivity contribution < 1.29 is 33.0 Å². The van der Waals surface area contributed by atoms with Gasteiger partial charge >= 0.3 is 5.97 Å². The largest absolute Gasteiger partial charge is 0.507 e. The summed E-state index contributed by atoms with van der Waals surface area (Å²) < 4.78 is 29.5. The third-order valence-electron chi connectivity index (χ3n) is 3.36. The van der Waals surface area contributed by atoms with Crippen LogP contribution in [0.3, 0.4) is 0 Å². The van der Waals surface area contributed by atoms with Gasteiger partial charge in [-0.3, -0.25) is 4.79 Å². The predicted molar refractivity (Wildman–Crippen MR) is 94.8 cm³/mol. The fourth-order valence-corrected chi connectivity index (χ4v) is 2.91. The number of carbonyl (C=O) groups excluding carboxylic acids is 1. The van der Waals surface area contributed by atoms with E-state index in [9.17, 15) is 23.1 Å². The lowest BCUT2D eigenvalue weighted by Crippen LogP contribution is -2.15. The Morgan fingerprint density at radius 2 is 1.73 bits per heavy atom. The second-order valence-electron chi connectivity index (χ2n) is 5.12. The lowest BCUT2D eigenvalue weighted by Gasteiger charge is -2.20. The van der Waals surface area contributed by atoms with Gasteiger partial charge in [0.05, 0.1) is 24.2 Å². The summed E-state index contributed by atoms with van der Waals surface area (Å²) in [7, 11) is -1.78. The van der Waals surface area contributed by atoms with E-state index < -0.39 is 22.6 Å². The van der Waals surface area contributed by atoms with Crippen LogP contribution in [0.15, 0.2) is 36.4 Å². The Balaban J connectivity index is 2.56. The minimum Gasteiger partial charge on any atom is -0.507 e. The Hall–Kier alpha value is -3.27. The number of rotatable bonds is 6. The number of carboxylic acid groups (broad SMARTS) is 1. The summed E-state index contributed by atoms with van der Waals surface area (Å²) >= 11 is 0. The molecule has 0 unspecified atom stereocenters. The number of methoxy groups -OCH3 is 1. The van der Waals surface area contributed by atoms with E-state index in [1.165, 1.54) is 38.3 Å². The molecule has 0 saturated heterocycles. The van der Waals surface area contributed by atoms with Crippen molar-refractivity contribution in [3.05, 3.63) is 42.0 Å². The molecule has 0 spiro atoms. The summed E-state index contributed by atoms with van der Waals surface area (Å²) in [6.45, 7) is 1.29. The molecule has 0 fully saturated rings. The number of thiol groups is 1. The number of phenols is 1. The van der Waals surface area contributed by atoms with Gasteiger partial charge < -0.3 is 20.3 Å². The zero-order chi connectivity index (χ0) is 19.4. The van der Waals surface area contributed by atoms with Crippen LogP contribution >= 0.6 is 0 Å². The van der Waals surface area contributed by atoms with Crippen LogP contribution < -0.4 is 14.4 Å². The Labute approximate surface area is 150 Å². The molecular formula is C16H16N2O7S. The van der Waals surface area contributed by atoms with Crippen LogP contribution in [0.5, 0.6) is 11.5 Å². The molecule has 26 heavy (non-hydrogen) atoms. The molecule has 9 nitrogen and oxygen atoms in total. The molecule has 0 aromatic heterocycles. The minimum absolute atomic E-state index is 0.0301. The van der Waals surface area contributed by atoms with E-state index in [1.54, 1.807) is 0 Å². The Morgan fingerprint density at radius 3 is 2.23 bits per heavy atom. The maximum Gasteiger partial charge on any atom is 0.339 e. The van der Waals surface area contributed by atoms with E-state index >= 15 is 0 Å². The van der Waals surface area contributed by atoms with E-state index in [-0.39, 0.29) is 28.5 Å². The van der Waals surface area contributed by atoms with Gasteiger partial charge in [0.15, 0.2) is 0 Å². The first kappa shape index (κ1) is 19.1. The molecule has 0 aliphatic heterocycles. The zero-order valence-corrected chi connectivity index (χ0v) is 14.7. The van der Waals surface area contributed by atoms with Gasteiger partial charge in [0.25, 0.3) is 0 Å². The monoisotopic (exact) mass is 380 g/mol. The highest BCUT2D eigenvalue weighted by atomic mass is 32.2. The van der Waals surface area contributed by atoms with Gasteiger partial charge in [0.1, 0.15) is 17.1 Å². The first-order chi connectivity index (χ1) is 12.2. The van der Waals surface area contributed by atoms with Crippen molar-refractivity contribution in [2.45, 2.75) is 6.92 Å². The molecule has 138 valence electrons. The first-order valence-corrected chi connectivity index (χ1v) is 8.34. The van der Waals surface area contributed by atoms with Crippen LogP contribution in [-0.2, 0) is 15.7 Å². The maximum absolute atomic E-state index is 11.8. The fraction of sp³-hybridized carbons (Fsp3) is 0.125. The lowest BCUT2D eigenvalue weighted by molar-refractivity contribution is -0.114. The van der Waals surface area contributed by atoms with E-state index in [0.29, 0.717) is 5.75 Å². The molecule has 0 saturated carbocycles. The SMILES string of the molecule is COc1ccc(N(c2ccc(C(=O)O)c(O)c2)[SH](=O)=O)cc1NC(C)=O. The number of carboxylic acids is 1. The molecule has 0 radical (unpaired) electrons. The Morgan fingerprint density at radius 1 is 1.12 bits per heavy atom. The molecule has 0 aliphatic carbocycles. The van der Waals surface area contributed by atoms with Crippen LogP contribution in [0.4, 0.5) is 17.1 Å². The van der Waals surface area contributed by atoms with E-state index in [1.807, 2.05) is 0 Å². The van der Waals surface area contributed by atoms with E-state index in [2.05, 4.69) is 5.32 Å². The number of hydrogen-bond acceptors (Lipinski definition) is 6. The number of nitrogens with zero attached hydrogens (tertiary/aromatic N) is 1. The second-order valence-corrected chi connectivity index (χ2v) is 6.00. The van der Waals surface area contributed by atoms with Crippen LogP contribution in [0.25, 0.3) is 0 Å². The fourth-order valence-electron chi connectivity index (χ4n) is 2.29. The quantitative estimate of drug-likeness (QED) is 0.561. The minimum atomic E-state index is -3.18. The molecular weight excluding hydrogens is 364 g/mol. The molecule has 0 aliphatic rings. The lowest BCUT2D eigenvalue weighted by atomic mass is 10.1. The molecule has 0 atom stereocenters. The van der Waals surface area contributed by atoms with E-state index in [0.717, 1.165) is 16.4 Å². The number of ether oxygens (including phenoxy) is 1. The molecule has 2 rings (SSSR count). The van der Waals surface area contributed by atoms with Gasteiger partial charge in [0, 0.05) is 13.0 Å². The normalized spacial score (nSPS) is 10.4. The van der Waals surface area contributed by atoms with Crippen molar-refractivity contribution in [1.29, 1.82) is 0 Å². The summed E-state index contributed by atoms with van der Waals surface area (Å²) in [5.41, 5.74) is 0.0879. The molecule has 10 heteroatoms. The maximum atomic E-state index is 11.8. The van der Waals surface area contributed by atoms with Gasteiger partial charge in [0.2, 0.25) is 16.8 Å². The third kappa shape index (κ3) is 4.03. The highest BCUT2D eigenvalue weighted by Crippen LogP contribution is 2.35. The summed E-state index contributed by atoms with van der Waals surface area (Å²) in [6.07, 6.45) is 0. The average Bonchev–Trinajstić information content (AvgIpc) is 2.54. The van der Waals surface area contributed by atoms with Crippen molar-refractivity contribution in [2.75, 3.05) is 16.7 Å². The van der Waals surface area contributed by atoms with Crippen molar-refractivity contribution >= 4 is 39.8 Å². The number of amides is 1. The third-order valence-corrected chi connectivity index (χ3v) is 4.15. The summed E-state index contributed by atoms with van der Waals surface area (Å²) in [4.78, 5) is 22.3. The molecule has 1 amide bonds. The zero-order valence-electron chi connectivity index (χ0n) is 13.8. The highest BCUT2D eigenvalue weighted by Gasteiger charge is 2.18. The average molecular weight is 380 g/mol. The molecule has 2 aromatic carbocycles. The van der Waals surface area contributed by atoms with Gasteiger partial charge in [-0.15, -0.1) is 0 Å². The van der Waals surface area contributed by atoms with Crippen molar-refractivity contribution in [3.8, 4) is 11.5 Å². The number of hydrogen-bond donors (Lipinski definition) is 4. The summed E-state index contributed by atoms with van der Waals surface area (Å²) in [5.74, 6) is -1.96. The molecule has 0 heterocycles. The van der Waals surface area contributed by atoms with Gasteiger partial charge in [-0.2, -0.15) is 0 Å². The number of anilines is 3. The molecule has 0 bridgehead atoms. The van der Waals surface area contributed by atoms with Crippen LogP contribution in [0.2, 0.25) is 0 Å². The van der Waals surface area contributed by atoms with Gasteiger partial charge in [-0.25, -0.2) is 17.5 Å². The van der Waals surface area contributed by atoms with Gasteiger partial charge in [-0.1, -0.05) is 0 Å². The number of carbonyl (C=O) groups is 2. The number of benzene rings is 2. The highest BCUT2D eigenvalue weighted by molar-refractivity contribution is 7.74. The van der Waals surface area contributed by atoms with Crippen molar-refractivity contribution in [1.82, 2.24) is 0 Å². The molecule has 3 N–H and O–H groups in total. The van der Waals surface area contributed by atoms with Gasteiger partial charge in [-0.05, 0) is 30.3 Å². The number of aromatic hydroxyl groups is 1. The Bertz CT molecular complexity index is 932. The smallest absolute Gasteiger partial charge is 0.339 e. The van der Waals surface area contributed by atoms with Crippen LogP contribution in [0.1, 0.15) is 17.3 Å². The second kappa shape index (κ2) is 7.74. The molecule has 2 aromatic rings. The number of aromatic carboxylic acids is 1. The van der Waals surface area contributed by atoms with Crippen LogP contribution in [-0.4, -0.2) is 37.6 Å². The Kier molecular flexibility index (Phi) is 5.68. The van der Waals surface area contributed by atoms with E-state index in [4.69, 9.17) is 9.84 Å².